The molecule has 118 valence electrons. The monoisotopic (exact) mass is 311 g/mol. The molecule has 6 heteroatoms. The van der Waals surface area contributed by atoms with Gasteiger partial charge in [0, 0.05) is 36.9 Å². The van der Waals surface area contributed by atoms with E-state index < -0.39 is 0 Å². The first kappa shape index (κ1) is 15.1. The zero-order valence-corrected chi connectivity index (χ0v) is 13.5. The Morgan fingerprint density at radius 3 is 2.43 bits per heavy atom. The Morgan fingerprint density at radius 2 is 1.74 bits per heavy atom. The van der Waals surface area contributed by atoms with Crippen molar-refractivity contribution in [3.05, 3.63) is 41.5 Å². The average Bonchev–Trinajstić information content (AvgIpc) is 2.54. The number of pyridine rings is 1. The molecule has 0 aliphatic rings. The van der Waals surface area contributed by atoms with Crippen LogP contribution in [0.3, 0.4) is 0 Å². The Morgan fingerprint density at radius 1 is 0.957 bits per heavy atom. The molecule has 3 aromatic rings. The van der Waals surface area contributed by atoms with E-state index in [-0.39, 0.29) is 5.82 Å². The van der Waals surface area contributed by atoms with Crippen LogP contribution in [0.25, 0.3) is 22.2 Å². The number of aromatic nitrogens is 3. The van der Waals surface area contributed by atoms with Crippen molar-refractivity contribution in [2.24, 2.45) is 0 Å². The molecule has 0 amide bonds. The van der Waals surface area contributed by atoms with E-state index in [0.29, 0.717) is 17.3 Å². The van der Waals surface area contributed by atoms with Crippen LogP contribution in [0.1, 0.15) is 11.3 Å². The fourth-order valence-corrected chi connectivity index (χ4v) is 2.60. The van der Waals surface area contributed by atoms with Gasteiger partial charge in [0.2, 0.25) is 5.95 Å². The number of nitrogens with one attached hydrogen (secondary N) is 2. The van der Waals surface area contributed by atoms with Gasteiger partial charge in [-0.2, -0.15) is 4.98 Å². The molecule has 1 aromatic carbocycles. The Bertz CT molecular complexity index is 892. The molecule has 0 fully saturated rings. The van der Waals surface area contributed by atoms with Crippen LogP contribution in [0.5, 0.6) is 0 Å². The van der Waals surface area contributed by atoms with Crippen LogP contribution in [-0.2, 0) is 0 Å². The molecule has 0 saturated heterocycles. The molecule has 0 bridgehead atoms. The van der Waals surface area contributed by atoms with Crippen LogP contribution < -0.4 is 10.6 Å². The number of rotatable bonds is 3. The largest absolute Gasteiger partial charge is 0.386 e. The summed E-state index contributed by atoms with van der Waals surface area (Å²) in [5.41, 5.74) is 4.70. The van der Waals surface area contributed by atoms with Gasteiger partial charge in [-0.3, -0.25) is 0 Å². The Hall–Kier alpha value is -2.76. The molecule has 0 radical (unpaired) electrons. The van der Waals surface area contributed by atoms with Gasteiger partial charge in [0.1, 0.15) is 5.82 Å². The molecular formula is C17H18FN5. The summed E-state index contributed by atoms with van der Waals surface area (Å²) in [6.07, 6.45) is 1.74. The molecule has 5 nitrogen and oxygen atoms in total. The van der Waals surface area contributed by atoms with Gasteiger partial charge >= 0.3 is 0 Å². The minimum atomic E-state index is -0.262. The van der Waals surface area contributed by atoms with Crippen LogP contribution in [0.15, 0.2) is 24.4 Å². The number of halogens is 1. The van der Waals surface area contributed by atoms with E-state index >= 15 is 0 Å². The lowest BCUT2D eigenvalue weighted by Gasteiger charge is -2.13. The van der Waals surface area contributed by atoms with E-state index in [1.807, 2.05) is 26.0 Å². The van der Waals surface area contributed by atoms with E-state index in [9.17, 15) is 4.39 Å². The summed E-state index contributed by atoms with van der Waals surface area (Å²) in [5.74, 6) is 0.273. The summed E-state index contributed by atoms with van der Waals surface area (Å²) in [5, 5.41) is 6.63. The van der Waals surface area contributed by atoms with Crippen molar-refractivity contribution in [2.45, 2.75) is 13.8 Å². The van der Waals surface area contributed by atoms with Gasteiger partial charge in [-0.25, -0.2) is 14.4 Å². The fraction of sp³-hybridized carbons (Fsp3) is 0.235. The molecule has 3 rings (SSSR count). The predicted octanol–water partition coefficient (Wildman–Crippen LogP) is 3.53. The van der Waals surface area contributed by atoms with Crippen LogP contribution in [0.4, 0.5) is 16.0 Å². The number of nitrogens with zero attached hydrogens (tertiary/aromatic N) is 3. The minimum absolute atomic E-state index is 0.262. The Kier molecular flexibility index (Phi) is 3.82. The second-order valence-electron chi connectivity index (χ2n) is 5.37. The molecule has 0 aliphatic carbocycles. The van der Waals surface area contributed by atoms with Crippen LogP contribution in [-0.4, -0.2) is 29.0 Å². The van der Waals surface area contributed by atoms with Gasteiger partial charge in [-0.1, -0.05) is 0 Å². The lowest BCUT2D eigenvalue weighted by Crippen LogP contribution is -2.00. The molecule has 2 N–H and O–H groups in total. The number of benzene rings is 1. The normalized spacial score (nSPS) is 10.8. The summed E-state index contributed by atoms with van der Waals surface area (Å²) in [6.45, 7) is 3.82. The number of fused-ring (bicyclic) bond motifs is 1. The molecule has 2 aromatic heterocycles. The summed E-state index contributed by atoms with van der Waals surface area (Å²) >= 11 is 0. The van der Waals surface area contributed by atoms with Gasteiger partial charge in [0.05, 0.1) is 5.69 Å². The first-order chi connectivity index (χ1) is 11.0. The van der Waals surface area contributed by atoms with Gasteiger partial charge in [-0.15, -0.1) is 0 Å². The maximum atomic E-state index is 13.9. The second kappa shape index (κ2) is 5.79. The molecule has 2 heterocycles. The van der Waals surface area contributed by atoms with Gasteiger partial charge in [0.25, 0.3) is 0 Å². The van der Waals surface area contributed by atoms with Gasteiger partial charge < -0.3 is 10.6 Å². The van der Waals surface area contributed by atoms with Crippen molar-refractivity contribution in [1.29, 1.82) is 0 Å². The lowest BCUT2D eigenvalue weighted by molar-refractivity contribution is 0.630. The van der Waals surface area contributed by atoms with E-state index in [4.69, 9.17) is 0 Å². The third kappa shape index (κ3) is 2.67. The van der Waals surface area contributed by atoms with Crippen molar-refractivity contribution in [3.63, 3.8) is 0 Å². The van der Waals surface area contributed by atoms with E-state index in [1.54, 1.807) is 20.3 Å². The third-order valence-electron chi connectivity index (χ3n) is 3.86. The van der Waals surface area contributed by atoms with Crippen LogP contribution >= 0.6 is 0 Å². The zero-order valence-electron chi connectivity index (χ0n) is 13.5. The summed E-state index contributed by atoms with van der Waals surface area (Å²) in [6, 6.07) is 5.34. The van der Waals surface area contributed by atoms with Crippen molar-refractivity contribution < 1.29 is 4.39 Å². The Labute approximate surface area is 134 Å². The summed E-state index contributed by atoms with van der Waals surface area (Å²) in [7, 11) is 3.47. The van der Waals surface area contributed by atoms with Crippen LogP contribution in [0.2, 0.25) is 0 Å². The highest BCUT2D eigenvalue weighted by Crippen LogP contribution is 2.32. The molecule has 0 aliphatic heterocycles. The first-order valence-corrected chi connectivity index (χ1v) is 7.34. The van der Waals surface area contributed by atoms with Gasteiger partial charge in [0.15, 0.2) is 5.65 Å². The Balaban J connectivity index is 2.22. The number of hydrogen-bond donors (Lipinski definition) is 2. The molecule has 0 unspecified atom stereocenters. The standard InChI is InChI=1S/C17H18FN5/c1-9-5-14(18)15(19-3)7-12(9)13-6-11-8-21-17(20-4)23-16(11)22-10(13)2/h5-8,19H,1-4H3,(H,20,21,22,23). The minimum Gasteiger partial charge on any atom is -0.386 e. The molecule has 0 spiro atoms. The fourth-order valence-electron chi connectivity index (χ4n) is 2.60. The predicted molar refractivity (Wildman–Crippen MR) is 91.3 cm³/mol. The summed E-state index contributed by atoms with van der Waals surface area (Å²) < 4.78 is 13.9. The zero-order chi connectivity index (χ0) is 16.6. The SMILES string of the molecule is CNc1ncc2cc(-c3cc(NC)c(F)cc3C)c(C)nc2n1. The van der Waals surface area contributed by atoms with Crippen LogP contribution in [0, 0.1) is 19.7 Å². The highest BCUT2D eigenvalue weighted by atomic mass is 19.1. The quantitative estimate of drug-likeness (QED) is 0.775. The van der Waals surface area contributed by atoms with Gasteiger partial charge in [-0.05, 0) is 43.2 Å². The van der Waals surface area contributed by atoms with Crippen molar-refractivity contribution >= 4 is 22.7 Å². The maximum Gasteiger partial charge on any atom is 0.224 e. The number of anilines is 2. The smallest absolute Gasteiger partial charge is 0.224 e. The highest BCUT2D eigenvalue weighted by Gasteiger charge is 2.13. The topological polar surface area (TPSA) is 62.7 Å². The van der Waals surface area contributed by atoms with Crippen molar-refractivity contribution in [1.82, 2.24) is 15.0 Å². The summed E-state index contributed by atoms with van der Waals surface area (Å²) in [4.78, 5) is 13.2. The molecule has 0 atom stereocenters. The van der Waals surface area contributed by atoms with E-state index in [1.165, 1.54) is 6.07 Å². The van der Waals surface area contributed by atoms with E-state index in [0.717, 1.165) is 27.8 Å². The molecule has 0 saturated carbocycles. The van der Waals surface area contributed by atoms with E-state index in [2.05, 4.69) is 25.6 Å². The highest BCUT2D eigenvalue weighted by molar-refractivity contribution is 5.84. The second-order valence-corrected chi connectivity index (χ2v) is 5.37. The molecular weight excluding hydrogens is 293 g/mol. The average molecular weight is 311 g/mol. The third-order valence-corrected chi connectivity index (χ3v) is 3.86. The number of aryl methyl sites for hydroxylation is 2. The number of hydrogen-bond acceptors (Lipinski definition) is 5. The first-order valence-electron chi connectivity index (χ1n) is 7.34. The molecule has 23 heavy (non-hydrogen) atoms. The maximum absolute atomic E-state index is 13.9. The van der Waals surface area contributed by atoms with Crippen molar-refractivity contribution in [2.75, 3.05) is 24.7 Å². The van der Waals surface area contributed by atoms with Crippen molar-refractivity contribution in [3.8, 4) is 11.1 Å². The lowest BCUT2D eigenvalue weighted by atomic mass is 9.97.